The van der Waals surface area contributed by atoms with Gasteiger partial charge in [-0.05, 0) is 56.5 Å². The van der Waals surface area contributed by atoms with E-state index in [4.69, 9.17) is 23.8 Å². The van der Waals surface area contributed by atoms with Crippen molar-refractivity contribution in [2.24, 2.45) is 0 Å². The van der Waals surface area contributed by atoms with Gasteiger partial charge in [-0.15, -0.1) is 0 Å². The van der Waals surface area contributed by atoms with Gasteiger partial charge in [0.2, 0.25) is 0 Å². The SMILES string of the molecule is Cc1ccc(NC(=S)NC[C@@H](c2ccccc2)N(C)C)cc1Cl. The third kappa shape index (κ3) is 5.20. The number of halogens is 1. The summed E-state index contributed by atoms with van der Waals surface area (Å²) in [6.45, 7) is 2.70. The van der Waals surface area contributed by atoms with Crippen LogP contribution in [0.5, 0.6) is 0 Å². The lowest BCUT2D eigenvalue weighted by atomic mass is 10.1. The summed E-state index contributed by atoms with van der Waals surface area (Å²) in [6.07, 6.45) is 0. The Morgan fingerprint density at radius 2 is 1.87 bits per heavy atom. The standard InChI is InChI=1S/C18H22ClN3S/c1-13-9-10-15(11-16(13)19)21-18(23)20-12-17(22(2)3)14-7-5-4-6-8-14/h4-11,17H,12H2,1-3H3,(H2,20,21,23)/t17-/m0/s1. The fraction of sp³-hybridized carbons (Fsp3) is 0.278. The lowest BCUT2D eigenvalue weighted by Gasteiger charge is -2.25. The topological polar surface area (TPSA) is 27.3 Å². The van der Waals surface area contributed by atoms with Crippen molar-refractivity contribution in [1.82, 2.24) is 10.2 Å². The quantitative estimate of drug-likeness (QED) is 0.791. The van der Waals surface area contributed by atoms with E-state index < -0.39 is 0 Å². The van der Waals surface area contributed by atoms with Crippen molar-refractivity contribution in [3.8, 4) is 0 Å². The maximum Gasteiger partial charge on any atom is 0.170 e. The van der Waals surface area contributed by atoms with E-state index in [1.807, 2.05) is 31.2 Å². The average molecular weight is 348 g/mol. The van der Waals surface area contributed by atoms with Crippen molar-refractivity contribution < 1.29 is 0 Å². The number of benzene rings is 2. The molecule has 2 rings (SSSR count). The average Bonchev–Trinajstić information content (AvgIpc) is 2.52. The fourth-order valence-electron chi connectivity index (χ4n) is 2.31. The number of likely N-dealkylation sites (N-methyl/N-ethyl adjacent to an activating group) is 1. The number of anilines is 1. The molecular weight excluding hydrogens is 326 g/mol. The molecule has 0 saturated heterocycles. The normalized spacial score (nSPS) is 12.0. The van der Waals surface area contributed by atoms with E-state index in [-0.39, 0.29) is 6.04 Å². The summed E-state index contributed by atoms with van der Waals surface area (Å²) in [7, 11) is 4.13. The molecule has 0 bridgehead atoms. The van der Waals surface area contributed by atoms with E-state index in [0.29, 0.717) is 5.11 Å². The molecule has 0 aliphatic carbocycles. The zero-order valence-corrected chi connectivity index (χ0v) is 15.2. The molecule has 0 aliphatic heterocycles. The Balaban J connectivity index is 1.95. The predicted molar refractivity (Wildman–Crippen MR) is 103 cm³/mol. The van der Waals surface area contributed by atoms with E-state index in [9.17, 15) is 0 Å². The molecule has 0 radical (unpaired) electrons. The Morgan fingerprint density at radius 3 is 2.48 bits per heavy atom. The first-order valence-corrected chi connectivity index (χ1v) is 8.28. The van der Waals surface area contributed by atoms with Crippen LogP contribution in [0.2, 0.25) is 5.02 Å². The molecule has 122 valence electrons. The van der Waals surface area contributed by atoms with Crippen molar-refractivity contribution in [1.29, 1.82) is 0 Å². The first-order chi connectivity index (χ1) is 11.0. The second kappa shape index (κ2) is 8.29. The summed E-state index contributed by atoms with van der Waals surface area (Å²) in [5, 5.41) is 7.77. The molecule has 3 nitrogen and oxygen atoms in total. The third-order valence-corrected chi connectivity index (χ3v) is 4.35. The van der Waals surface area contributed by atoms with Gasteiger partial charge in [0.25, 0.3) is 0 Å². The maximum absolute atomic E-state index is 6.14. The van der Waals surface area contributed by atoms with Crippen LogP contribution in [-0.2, 0) is 0 Å². The molecular formula is C18H22ClN3S. The van der Waals surface area contributed by atoms with Gasteiger partial charge in [-0.1, -0.05) is 48.0 Å². The van der Waals surface area contributed by atoms with E-state index in [0.717, 1.165) is 22.8 Å². The molecule has 0 unspecified atom stereocenters. The van der Waals surface area contributed by atoms with Crippen LogP contribution >= 0.6 is 23.8 Å². The number of thiocarbonyl (C=S) groups is 1. The summed E-state index contributed by atoms with van der Waals surface area (Å²) >= 11 is 11.5. The second-order valence-corrected chi connectivity index (χ2v) is 6.50. The highest BCUT2D eigenvalue weighted by Gasteiger charge is 2.14. The Kier molecular flexibility index (Phi) is 6.39. The maximum atomic E-state index is 6.14. The van der Waals surface area contributed by atoms with Crippen LogP contribution in [0.4, 0.5) is 5.69 Å². The van der Waals surface area contributed by atoms with E-state index in [1.54, 1.807) is 0 Å². The Bertz CT molecular complexity index is 659. The van der Waals surface area contributed by atoms with Crippen molar-refractivity contribution in [2.45, 2.75) is 13.0 Å². The van der Waals surface area contributed by atoms with Crippen LogP contribution in [0.15, 0.2) is 48.5 Å². The van der Waals surface area contributed by atoms with E-state index >= 15 is 0 Å². The highest BCUT2D eigenvalue weighted by Crippen LogP contribution is 2.20. The highest BCUT2D eigenvalue weighted by molar-refractivity contribution is 7.80. The number of nitrogens with zero attached hydrogens (tertiary/aromatic N) is 1. The zero-order valence-electron chi connectivity index (χ0n) is 13.6. The smallest absolute Gasteiger partial charge is 0.170 e. The highest BCUT2D eigenvalue weighted by atomic mass is 35.5. The van der Waals surface area contributed by atoms with Crippen LogP contribution < -0.4 is 10.6 Å². The number of hydrogen-bond donors (Lipinski definition) is 2. The summed E-state index contributed by atoms with van der Waals surface area (Å²) in [5.41, 5.74) is 3.19. The number of hydrogen-bond acceptors (Lipinski definition) is 2. The lowest BCUT2D eigenvalue weighted by molar-refractivity contribution is 0.299. The first kappa shape index (κ1) is 17.7. The van der Waals surface area contributed by atoms with Crippen molar-refractivity contribution >= 4 is 34.6 Å². The molecule has 2 aromatic rings. The summed E-state index contributed by atoms with van der Waals surface area (Å²) in [4.78, 5) is 2.17. The summed E-state index contributed by atoms with van der Waals surface area (Å²) in [6, 6.07) is 16.5. The molecule has 23 heavy (non-hydrogen) atoms. The van der Waals surface area contributed by atoms with Crippen LogP contribution in [0.25, 0.3) is 0 Å². The molecule has 0 saturated carbocycles. The molecule has 1 atom stereocenters. The second-order valence-electron chi connectivity index (χ2n) is 5.69. The lowest BCUT2D eigenvalue weighted by Crippen LogP contribution is -2.36. The number of aryl methyl sites for hydroxylation is 1. The van der Waals surface area contributed by atoms with Crippen LogP contribution in [0.1, 0.15) is 17.2 Å². The largest absolute Gasteiger partial charge is 0.361 e. The molecule has 2 aromatic carbocycles. The van der Waals surface area contributed by atoms with Gasteiger partial charge in [0.05, 0.1) is 6.04 Å². The van der Waals surface area contributed by atoms with Crippen LogP contribution in [-0.4, -0.2) is 30.7 Å². The van der Waals surface area contributed by atoms with Gasteiger partial charge >= 0.3 is 0 Å². The van der Waals surface area contributed by atoms with Gasteiger partial charge < -0.3 is 15.5 Å². The minimum absolute atomic E-state index is 0.248. The zero-order chi connectivity index (χ0) is 16.8. The van der Waals surface area contributed by atoms with Crippen molar-refractivity contribution in [2.75, 3.05) is 26.0 Å². The van der Waals surface area contributed by atoms with Gasteiger partial charge in [0.15, 0.2) is 5.11 Å². The predicted octanol–water partition coefficient (Wildman–Crippen LogP) is 4.24. The van der Waals surface area contributed by atoms with Crippen LogP contribution in [0, 0.1) is 6.92 Å². The summed E-state index contributed by atoms with van der Waals surface area (Å²) < 4.78 is 0. The molecule has 0 aromatic heterocycles. The van der Waals surface area contributed by atoms with Crippen molar-refractivity contribution in [3.63, 3.8) is 0 Å². The van der Waals surface area contributed by atoms with Crippen molar-refractivity contribution in [3.05, 3.63) is 64.7 Å². The Morgan fingerprint density at radius 1 is 1.17 bits per heavy atom. The van der Waals surface area contributed by atoms with Gasteiger partial charge in [-0.2, -0.15) is 0 Å². The van der Waals surface area contributed by atoms with E-state index in [1.165, 1.54) is 5.56 Å². The molecule has 0 spiro atoms. The Labute approximate surface area is 148 Å². The third-order valence-electron chi connectivity index (χ3n) is 3.69. The van der Waals surface area contributed by atoms with Gasteiger partial charge in [-0.3, -0.25) is 0 Å². The van der Waals surface area contributed by atoms with E-state index in [2.05, 4.69) is 53.9 Å². The molecule has 0 amide bonds. The molecule has 0 heterocycles. The van der Waals surface area contributed by atoms with Crippen LogP contribution in [0.3, 0.4) is 0 Å². The minimum Gasteiger partial charge on any atom is -0.361 e. The summed E-state index contributed by atoms with van der Waals surface area (Å²) in [5.74, 6) is 0. The Hall–Kier alpha value is -1.62. The number of nitrogens with one attached hydrogen (secondary N) is 2. The molecule has 0 aliphatic rings. The minimum atomic E-state index is 0.248. The van der Waals surface area contributed by atoms with Gasteiger partial charge in [0.1, 0.15) is 0 Å². The molecule has 2 N–H and O–H groups in total. The molecule has 5 heteroatoms. The monoisotopic (exact) mass is 347 g/mol. The fourth-order valence-corrected chi connectivity index (χ4v) is 2.69. The molecule has 0 fully saturated rings. The first-order valence-electron chi connectivity index (χ1n) is 7.49. The number of rotatable bonds is 5. The van der Waals surface area contributed by atoms with Gasteiger partial charge in [-0.25, -0.2) is 0 Å². The van der Waals surface area contributed by atoms with Gasteiger partial charge in [0, 0.05) is 17.3 Å².